The summed E-state index contributed by atoms with van der Waals surface area (Å²) in [5, 5.41) is 12.5. The molecule has 4 rings (SSSR count). The molecule has 1 fully saturated rings. The van der Waals surface area contributed by atoms with E-state index in [4.69, 9.17) is 0 Å². The normalized spacial score (nSPS) is 25.2. The van der Waals surface area contributed by atoms with E-state index in [1.54, 1.807) is 0 Å². The van der Waals surface area contributed by atoms with Crippen LogP contribution in [0.5, 0.6) is 0 Å². The number of nitrogens with zero attached hydrogens (tertiary/aromatic N) is 3. The van der Waals surface area contributed by atoms with Crippen molar-refractivity contribution in [2.45, 2.75) is 50.8 Å². The molecule has 5 heteroatoms. The van der Waals surface area contributed by atoms with E-state index in [1.165, 1.54) is 21.7 Å². The Morgan fingerprint density at radius 1 is 1.23 bits per heavy atom. The van der Waals surface area contributed by atoms with Gasteiger partial charge in [0, 0.05) is 16.8 Å². The number of aliphatic hydroxyl groups excluding tert-OH is 1. The Morgan fingerprint density at radius 3 is 2.54 bits per heavy atom. The topological polar surface area (TPSA) is 39.6 Å². The number of likely N-dealkylation sites (tertiary alicyclic amines) is 1. The van der Waals surface area contributed by atoms with Crippen LogP contribution in [-0.2, 0) is 12.0 Å². The lowest BCUT2D eigenvalue weighted by Gasteiger charge is -2.43. The van der Waals surface area contributed by atoms with Gasteiger partial charge in [0.25, 0.3) is 0 Å². The number of benzene rings is 1. The van der Waals surface area contributed by atoms with Gasteiger partial charge in [-0.1, -0.05) is 24.3 Å². The van der Waals surface area contributed by atoms with Crippen molar-refractivity contribution in [3.05, 3.63) is 51.0 Å². The maximum absolute atomic E-state index is 11.3. The quantitative estimate of drug-likeness (QED) is 0.899. The van der Waals surface area contributed by atoms with Gasteiger partial charge in [-0.25, -0.2) is 4.98 Å². The van der Waals surface area contributed by atoms with Crippen LogP contribution in [0.4, 0.5) is 0 Å². The number of aliphatic hydroxyl groups is 1. The van der Waals surface area contributed by atoms with Gasteiger partial charge in [-0.05, 0) is 65.0 Å². The van der Waals surface area contributed by atoms with E-state index in [1.807, 2.05) is 11.3 Å². The van der Waals surface area contributed by atoms with Crippen LogP contribution in [0.15, 0.2) is 24.3 Å². The molecule has 1 aliphatic heterocycles. The van der Waals surface area contributed by atoms with E-state index in [-0.39, 0.29) is 17.6 Å². The molecular weight excluding hydrogens is 342 g/mol. The zero-order chi connectivity index (χ0) is 18.5. The van der Waals surface area contributed by atoms with Crippen LogP contribution in [0.25, 0.3) is 0 Å². The van der Waals surface area contributed by atoms with E-state index in [0.717, 1.165) is 37.5 Å². The van der Waals surface area contributed by atoms with Crippen molar-refractivity contribution >= 4 is 11.3 Å². The van der Waals surface area contributed by atoms with E-state index in [9.17, 15) is 5.11 Å². The van der Waals surface area contributed by atoms with E-state index in [2.05, 4.69) is 67.0 Å². The summed E-state index contributed by atoms with van der Waals surface area (Å²) in [5.74, 6) is 0. The summed E-state index contributed by atoms with van der Waals surface area (Å²) in [5.41, 5.74) is 3.76. The number of rotatable bonds is 3. The lowest BCUT2D eigenvalue weighted by Crippen LogP contribution is -2.48. The molecule has 2 aromatic rings. The molecule has 0 amide bonds. The Hall–Kier alpha value is -1.27. The lowest BCUT2D eigenvalue weighted by atomic mass is 9.72. The first-order valence-electron chi connectivity index (χ1n) is 9.51. The van der Waals surface area contributed by atoms with Crippen molar-refractivity contribution in [3.63, 3.8) is 0 Å². The monoisotopic (exact) mass is 371 g/mol. The fraction of sp³-hybridized carbons (Fsp3) is 0.571. The fourth-order valence-electron chi connectivity index (χ4n) is 5.00. The molecule has 1 N–H and O–H groups in total. The summed E-state index contributed by atoms with van der Waals surface area (Å²) in [6.07, 6.45) is 1.71. The molecule has 140 valence electrons. The van der Waals surface area contributed by atoms with Gasteiger partial charge in [-0.15, -0.1) is 11.3 Å². The second-order valence-electron chi connectivity index (χ2n) is 8.11. The molecule has 1 spiro atoms. The van der Waals surface area contributed by atoms with Crippen molar-refractivity contribution in [1.29, 1.82) is 0 Å². The molecule has 1 aliphatic carbocycles. The molecule has 0 radical (unpaired) electrons. The largest absolute Gasteiger partial charge is 0.390 e. The van der Waals surface area contributed by atoms with Gasteiger partial charge in [0.2, 0.25) is 0 Å². The average Bonchev–Trinajstić information content (AvgIpc) is 3.05. The van der Waals surface area contributed by atoms with Crippen LogP contribution in [0.3, 0.4) is 0 Å². The number of aromatic nitrogens is 1. The predicted octanol–water partition coefficient (Wildman–Crippen LogP) is 3.27. The fourth-order valence-corrected chi connectivity index (χ4v) is 5.98. The van der Waals surface area contributed by atoms with Crippen molar-refractivity contribution in [2.75, 3.05) is 27.2 Å². The standard InChI is InChI=1S/C21H29N3OS/c1-14-18(26-15(2)22-14)13-24-11-9-21(10-12-24)17-8-6-5-7-16(17)19(20(21)25)23(3)4/h5-8,19-20,25H,9-13H2,1-4H3/t19-,20+/m1/s1. The van der Waals surface area contributed by atoms with Gasteiger partial charge >= 0.3 is 0 Å². The first-order chi connectivity index (χ1) is 12.4. The number of piperidine rings is 1. The van der Waals surface area contributed by atoms with Gasteiger partial charge in [0.1, 0.15) is 0 Å². The Labute approximate surface area is 160 Å². The van der Waals surface area contributed by atoms with Crippen LogP contribution in [0, 0.1) is 13.8 Å². The van der Waals surface area contributed by atoms with Crippen LogP contribution in [0.1, 0.15) is 45.6 Å². The van der Waals surface area contributed by atoms with Crippen LogP contribution >= 0.6 is 11.3 Å². The number of likely N-dealkylation sites (N-methyl/N-ethyl adjacent to an activating group) is 1. The summed E-state index contributed by atoms with van der Waals surface area (Å²) < 4.78 is 0. The third-order valence-corrected chi connectivity index (χ3v) is 7.41. The summed E-state index contributed by atoms with van der Waals surface area (Å²) in [4.78, 5) is 10.7. The number of fused-ring (bicyclic) bond motifs is 2. The van der Waals surface area contributed by atoms with E-state index >= 15 is 0 Å². The molecule has 2 atom stereocenters. The van der Waals surface area contributed by atoms with Crippen molar-refractivity contribution in [2.24, 2.45) is 0 Å². The van der Waals surface area contributed by atoms with E-state index in [0.29, 0.717) is 0 Å². The minimum absolute atomic E-state index is 0.0965. The third kappa shape index (κ3) is 2.82. The molecule has 0 saturated carbocycles. The van der Waals surface area contributed by atoms with Crippen molar-refractivity contribution in [1.82, 2.24) is 14.8 Å². The second kappa shape index (κ2) is 6.71. The predicted molar refractivity (Wildman–Crippen MR) is 107 cm³/mol. The Bertz CT molecular complexity index is 792. The molecule has 1 aromatic heterocycles. The average molecular weight is 372 g/mol. The molecule has 1 aromatic carbocycles. The number of hydrogen-bond donors (Lipinski definition) is 1. The highest BCUT2D eigenvalue weighted by Gasteiger charge is 2.53. The molecule has 4 nitrogen and oxygen atoms in total. The molecule has 2 aliphatic rings. The van der Waals surface area contributed by atoms with Gasteiger partial charge in [-0.3, -0.25) is 4.90 Å². The molecule has 2 heterocycles. The number of aryl methyl sites for hydroxylation is 2. The molecule has 0 unspecified atom stereocenters. The maximum Gasteiger partial charge on any atom is 0.0900 e. The molecule has 26 heavy (non-hydrogen) atoms. The Balaban J connectivity index is 1.55. The lowest BCUT2D eigenvalue weighted by molar-refractivity contribution is -0.00382. The van der Waals surface area contributed by atoms with Gasteiger partial charge in [0.15, 0.2) is 0 Å². The zero-order valence-corrected chi connectivity index (χ0v) is 17.0. The molecule has 1 saturated heterocycles. The highest BCUT2D eigenvalue weighted by atomic mass is 32.1. The second-order valence-corrected chi connectivity index (χ2v) is 9.40. The van der Waals surface area contributed by atoms with Crippen LogP contribution < -0.4 is 0 Å². The maximum atomic E-state index is 11.3. The smallest absolute Gasteiger partial charge is 0.0900 e. The first-order valence-corrected chi connectivity index (χ1v) is 10.3. The van der Waals surface area contributed by atoms with E-state index < -0.39 is 0 Å². The minimum Gasteiger partial charge on any atom is -0.390 e. The first kappa shape index (κ1) is 18.1. The summed E-state index contributed by atoms with van der Waals surface area (Å²) in [6, 6.07) is 8.78. The van der Waals surface area contributed by atoms with Crippen molar-refractivity contribution < 1.29 is 5.11 Å². The minimum atomic E-state index is -0.329. The Morgan fingerprint density at radius 2 is 1.92 bits per heavy atom. The molecular formula is C21H29N3OS. The van der Waals surface area contributed by atoms with Crippen molar-refractivity contribution in [3.8, 4) is 0 Å². The summed E-state index contributed by atoms with van der Waals surface area (Å²) in [7, 11) is 4.15. The number of thiazole rings is 1. The highest BCUT2D eigenvalue weighted by molar-refractivity contribution is 7.11. The number of hydrogen-bond acceptors (Lipinski definition) is 5. The zero-order valence-electron chi connectivity index (χ0n) is 16.2. The van der Waals surface area contributed by atoms with Crippen LogP contribution in [0.2, 0.25) is 0 Å². The van der Waals surface area contributed by atoms with Gasteiger partial charge in [-0.2, -0.15) is 0 Å². The highest BCUT2D eigenvalue weighted by Crippen LogP contribution is 2.52. The van der Waals surface area contributed by atoms with Gasteiger partial charge < -0.3 is 10.0 Å². The molecule has 0 bridgehead atoms. The summed E-state index contributed by atoms with van der Waals surface area (Å²) in [6.45, 7) is 7.24. The summed E-state index contributed by atoms with van der Waals surface area (Å²) >= 11 is 1.82. The Kier molecular flexibility index (Phi) is 4.68. The van der Waals surface area contributed by atoms with Crippen LogP contribution in [-0.4, -0.2) is 53.2 Å². The third-order valence-electron chi connectivity index (χ3n) is 6.35. The SMILES string of the molecule is Cc1nc(C)c(CN2CCC3(CC2)c2ccccc2[C@@H](N(C)C)[C@@H]3O)s1. The van der Waals surface area contributed by atoms with Gasteiger partial charge in [0.05, 0.1) is 22.8 Å².